The van der Waals surface area contributed by atoms with Gasteiger partial charge >= 0.3 is 6.01 Å². The third-order valence-electron chi connectivity index (χ3n) is 6.02. The Balaban J connectivity index is 1.47. The second kappa shape index (κ2) is 8.27. The number of rotatable bonds is 5. The van der Waals surface area contributed by atoms with Crippen LogP contribution in [-0.4, -0.2) is 53.3 Å². The van der Waals surface area contributed by atoms with Gasteiger partial charge in [0.15, 0.2) is 0 Å². The van der Waals surface area contributed by atoms with Crippen LogP contribution in [0.25, 0.3) is 6.08 Å². The molecular formula is C24H28N6O2. The molecule has 1 N–H and O–H groups in total. The van der Waals surface area contributed by atoms with Gasteiger partial charge in [-0.15, -0.1) is 0 Å². The molecule has 0 bridgehead atoms. The van der Waals surface area contributed by atoms with Gasteiger partial charge in [0.2, 0.25) is 5.88 Å². The predicted octanol–water partition coefficient (Wildman–Crippen LogP) is 4.33. The smallest absolute Gasteiger partial charge is 0.325 e. The Bertz CT molecular complexity index is 1180. The quantitative estimate of drug-likeness (QED) is 0.638. The van der Waals surface area contributed by atoms with E-state index in [1.807, 2.05) is 25.1 Å². The topological polar surface area (TPSA) is 79.5 Å². The molecule has 0 amide bonds. The van der Waals surface area contributed by atoms with Crippen LogP contribution in [0.15, 0.2) is 34.4 Å². The first kappa shape index (κ1) is 20.5. The van der Waals surface area contributed by atoms with Gasteiger partial charge in [0.05, 0.1) is 5.69 Å². The Morgan fingerprint density at radius 1 is 1.03 bits per heavy atom. The molecule has 2 aromatic heterocycles. The number of fused-ring (bicyclic) bond motifs is 1. The largest absolute Gasteiger partial charge is 0.424 e. The van der Waals surface area contributed by atoms with Crippen LogP contribution in [0.2, 0.25) is 0 Å². The van der Waals surface area contributed by atoms with Crippen LogP contribution in [0.1, 0.15) is 29.3 Å². The summed E-state index contributed by atoms with van der Waals surface area (Å²) in [7, 11) is 2.14. The van der Waals surface area contributed by atoms with Crippen LogP contribution in [0, 0.1) is 13.8 Å². The van der Waals surface area contributed by atoms with E-state index in [4.69, 9.17) is 14.2 Å². The summed E-state index contributed by atoms with van der Waals surface area (Å²) in [5.41, 5.74) is 5.85. The zero-order valence-corrected chi connectivity index (χ0v) is 19.0. The SMILES string of the molecule is CC1=Cc2c(ccc(Oc3nc(Nc4cc(C)no4)cc(N4CCN(C)CC4)n3)c2C)C1. The molecule has 0 atom stereocenters. The number of aryl methyl sites for hydroxylation is 1. The molecule has 5 rings (SSSR count). The fourth-order valence-electron chi connectivity index (χ4n) is 4.20. The molecule has 166 valence electrons. The number of hydrogen-bond acceptors (Lipinski definition) is 8. The number of piperazine rings is 1. The highest BCUT2D eigenvalue weighted by atomic mass is 16.5. The molecule has 0 radical (unpaired) electrons. The molecule has 0 spiro atoms. The van der Waals surface area contributed by atoms with E-state index in [9.17, 15) is 0 Å². The maximum Gasteiger partial charge on any atom is 0.325 e. The molecule has 8 heteroatoms. The minimum Gasteiger partial charge on any atom is -0.424 e. The molecule has 32 heavy (non-hydrogen) atoms. The number of benzene rings is 1. The molecule has 0 saturated carbocycles. The molecule has 8 nitrogen and oxygen atoms in total. The van der Waals surface area contributed by atoms with Crippen molar-refractivity contribution in [1.29, 1.82) is 0 Å². The van der Waals surface area contributed by atoms with Gasteiger partial charge in [0.25, 0.3) is 0 Å². The summed E-state index contributed by atoms with van der Waals surface area (Å²) in [6.07, 6.45) is 3.23. The van der Waals surface area contributed by atoms with Crippen molar-refractivity contribution in [1.82, 2.24) is 20.0 Å². The molecule has 0 unspecified atom stereocenters. The van der Waals surface area contributed by atoms with Crippen molar-refractivity contribution in [2.75, 3.05) is 43.4 Å². The summed E-state index contributed by atoms with van der Waals surface area (Å²) >= 11 is 0. The van der Waals surface area contributed by atoms with E-state index in [0.717, 1.165) is 55.4 Å². The number of nitrogens with one attached hydrogen (secondary N) is 1. The molecule has 3 heterocycles. The van der Waals surface area contributed by atoms with Crippen LogP contribution < -0.4 is 15.0 Å². The van der Waals surface area contributed by atoms with E-state index in [1.54, 1.807) is 0 Å². The lowest BCUT2D eigenvalue weighted by atomic mass is 10.0. The van der Waals surface area contributed by atoms with E-state index in [-0.39, 0.29) is 0 Å². The van der Waals surface area contributed by atoms with Crippen molar-refractivity contribution < 1.29 is 9.26 Å². The lowest BCUT2D eigenvalue weighted by Crippen LogP contribution is -2.44. The van der Waals surface area contributed by atoms with Crippen LogP contribution in [0.5, 0.6) is 11.8 Å². The van der Waals surface area contributed by atoms with Gasteiger partial charge in [-0.05, 0) is 57.0 Å². The fraction of sp³-hybridized carbons (Fsp3) is 0.375. The van der Waals surface area contributed by atoms with E-state index in [2.05, 4.69) is 58.3 Å². The van der Waals surface area contributed by atoms with Crippen LogP contribution >= 0.6 is 0 Å². The van der Waals surface area contributed by atoms with Crippen molar-refractivity contribution in [3.63, 3.8) is 0 Å². The maximum absolute atomic E-state index is 6.23. The molecular weight excluding hydrogens is 404 g/mol. The molecule has 1 aliphatic carbocycles. The molecule has 3 aromatic rings. The lowest BCUT2D eigenvalue weighted by Gasteiger charge is -2.33. The average molecular weight is 433 g/mol. The van der Waals surface area contributed by atoms with Crippen molar-refractivity contribution in [3.8, 4) is 11.8 Å². The lowest BCUT2D eigenvalue weighted by molar-refractivity contribution is 0.311. The van der Waals surface area contributed by atoms with Crippen LogP contribution in [0.4, 0.5) is 17.5 Å². The van der Waals surface area contributed by atoms with E-state index < -0.39 is 0 Å². The first-order valence-corrected chi connectivity index (χ1v) is 10.9. The first-order valence-electron chi connectivity index (χ1n) is 10.9. The summed E-state index contributed by atoms with van der Waals surface area (Å²) in [5, 5.41) is 7.14. The number of allylic oxidation sites excluding steroid dienone is 1. The van der Waals surface area contributed by atoms with Gasteiger partial charge in [-0.1, -0.05) is 22.9 Å². The van der Waals surface area contributed by atoms with Gasteiger partial charge in [-0.3, -0.25) is 0 Å². The average Bonchev–Trinajstić information content (AvgIpc) is 3.35. The van der Waals surface area contributed by atoms with E-state index in [0.29, 0.717) is 17.7 Å². The first-order chi connectivity index (χ1) is 15.4. The maximum atomic E-state index is 6.23. The molecule has 1 saturated heterocycles. The van der Waals surface area contributed by atoms with Gasteiger partial charge < -0.3 is 24.4 Å². The van der Waals surface area contributed by atoms with Crippen molar-refractivity contribution in [2.45, 2.75) is 27.2 Å². The van der Waals surface area contributed by atoms with Gasteiger partial charge in [0, 0.05) is 38.3 Å². The van der Waals surface area contributed by atoms with Crippen molar-refractivity contribution in [3.05, 3.63) is 52.2 Å². The monoisotopic (exact) mass is 432 g/mol. The van der Waals surface area contributed by atoms with E-state index in [1.165, 1.54) is 16.7 Å². The molecule has 1 aliphatic heterocycles. The van der Waals surface area contributed by atoms with Crippen LogP contribution in [-0.2, 0) is 6.42 Å². The van der Waals surface area contributed by atoms with Gasteiger partial charge in [-0.25, -0.2) is 0 Å². The zero-order valence-electron chi connectivity index (χ0n) is 19.0. The van der Waals surface area contributed by atoms with Crippen molar-refractivity contribution >= 4 is 23.6 Å². The summed E-state index contributed by atoms with van der Waals surface area (Å²) in [6.45, 7) is 9.90. The minimum absolute atomic E-state index is 0.307. The number of ether oxygens (including phenoxy) is 1. The standard InChI is InChI=1S/C24H28N6O2/c1-15-11-18-5-6-20(17(3)19(18)12-15)31-24-26-21(25-23-13-16(2)28-32-23)14-22(27-24)30-9-7-29(4)8-10-30/h5-6,12-14H,7-11H2,1-4H3,(H,25,26,27). The summed E-state index contributed by atoms with van der Waals surface area (Å²) in [5.74, 6) is 2.74. The zero-order chi connectivity index (χ0) is 22.2. The Kier molecular flexibility index (Phi) is 5.30. The number of anilines is 3. The molecule has 1 fully saturated rings. The fourth-order valence-corrected chi connectivity index (χ4v) is 4.20. The number of hydrogen-bond donors (Lipinski definition) is 1. The highest BCUT2D eigenvalue weighted by molar-refractivity contribution is 5.69. The number of likely N-dealkylation sites (N-methyl/N-ethyl adjacent to an activating group) is 1. The Labute approximate surface area is 187 Å². The molecule has 1 aromatic carbocycles. The summed E-state index contributed by atoms with van der Waals surface area (Å²) in [6, 6.07) is 8.21. The normalized spacial score (nSPS) is 16.1. The highest BCUT2D eigenvalue weighted by Crippen LogP contribution is 2.35. The Morgan fingerprint density at radius 2 is 1.84 bits per heavy atom. The minimum atomic E-state index is 0.307. The second-order valence-corrected chi connectivity index (χ2v) is 8.67. The number of aromatic nitrogens is 3. The summed E-state index contributed by atoms with van der Waals surface area (Å²) < 4.78 is 11.5. The van der Waals surface area contributed by atoms with Gasteiger partial charge in [-0.2, -0.15) is 9.97 Å². The third-order valence-corrected chi connectivity index (χ3v) is 6.02. The van der Waals surface area contributed by atoms with Crippen LogP contribution in [0.3, 0.4) is 0 Å². The predicted molar refractivity (Wildman–Crippen MR) is 125 cm³/mol. The Hall–Kier alpha value is -3.39. The second-order valence-electron chi connectivity index (χ2n) is 8.67. The number of nitrogens with zero attached hydrogens (tertiary/aromatic N) is 5. The third kappa shape index (κ3) is 4.18. The van der Waals surface area contributed by atoms with E-state index >= 15 is 0 Å². The highest BCUT2D eigenvalue weighted by Gasteiger charge is 2.20. The van der Waals surface area contributed by atoms with Crippen molar-refractivity contribution in [2.24, 2.45) is 0 Å². The van der Waals surface area contributed by atoms with Gasteiger partial charge in [0.1, 0.15) is 17.4 Å². The Morgan fingerprint density at radius 3 is 2.59 bits per heavy atom. The molecule has 2 aliphatic rings. The summed E-state index contributed by atoms with van der Waals surface area (Å²) in [4.78, 5) is 13.9.